The monoisotopic (exact) mass is 419 g/mol. The molecule has 0 unspecified atom stereocenters. The Kier molecular flexibility index (Phi) is 6.93. The van der Waals surface area contributed by atoms with Crippen molar-refractivity contribution in [3.05, 3.63) is 89.6 Å². The molecule has 0 spiro atoms. The third kappa shape index (κ3) is 5.53. The first-order chi connectivity index (χ1) is 14.6. The number of hydrogen-bond acceptors (Lipinski definition) is 5. The molecule has 0 saturated heterocycles. The normalized spacial score (nSPS) is 10.6. The highest BCUT2D eigenvalue weighted by Gasteiger charge is 2.10. The summed E-state index contributed by atoms with van der Waals surface area (Å²) >= 11 is 6.07. The van der Waals surface area contributed by atoms with Crippen molar-refractivity contribution in [2.24, 2.45) is 0 Å². The highest BCUT2D eigenvalue weighted by Crippen LogP contribution is 2.27. The van der Waals surface area contributed by atoms with E-state index >= 15 is 0 Å². The van der Waals surface area contributed by atoms with E-state index in [1.807, 2.05) is 36.4 Å². The molecular weight excluding hydrogens is 402 g/mol. The number of rotatable bonds is 7. The van der Waals surface area contributed by atoms with Gasteiger partial charge in [0.25, 0.3) is 5.91 Å². The summed E-state index contributed by atoms with van der Waals surface area (Å²) in [6, 6.07) is 23.1. The molecule has 0 atom stereocenters. The summed E-state index contributed by atoms with van der Waals surface area (Å²) in [5, 5.41) is 15.3. The smallest absolute Gasteiger partial charge is 0.267 e. The lowest BCUT2D eigenvalue weighted by Crippen LogP contribution is -2.14. The zero-order valence-electron chi connectivity index (χ0n) is 16.1. The maximum Gasteiger partial charge on any atom is 0.267 e. The van der Waals surface area contributed by atoms with Gasteiger partial charge in [-0.1, -0.05) is 29.8 Å². The van der Waals surface area contributed by atoms with Crippen molar-refractivity contribution in [3.63, 3.8) is 0 Å². The summed E-state index contributed by atoms with van der Waals surface area (Å²) < 4.78 is 10.8. The number of carbonyl (C=O) groups excluding carboxylic acids is 1. The molecule has 0 fully saturated rings. The second kappa shape index (κ2) is 10.0. The van der Waals surface area contributed by atoms with Crippen LogP contribution >= 0.6 is 11.6 Å². The lowest BCUT2D eigenvalue weighted by molar-refractivity contribution is -0.112. The van der Waals surface area contributed by atoms with Crippen LogP contribution in [0.3, 0.4) is 0 Å². The third-order valence-electron chi connectivity index (χ3n) is 3.99. The van der Waals surface area contributed by atoms with Gasteiger partial charge in [0.15, 0.2) is 0 Å². The van der Waals surface area contributed by atoms with Crippen LogP contribution in [0.5, 0.6) is 17.2 Å². The second-order valence-corrected chi connectivity index (χ2v) is 6.46. The van der Waals surface area contributed by atoms with Gasteiger partial charge in [0, 0.05) is 17.6 Å². The number of nitrogens with zero attached hydrogens (tertiary/aromatic N) is 1. The molecule has 3 aromatic carbocycles. The SMILES string of the molecule is COc1ccc(N/C=C(/C#N)C(=O)Nc2ccc(Oc3ccccc3)cc2)cc1Cl. The van der Waals surface area contributed by atoms with Gasteiger partial charge in [-0.15, -0.1) is 0 Å². The summed E-state index contributed by atoms with van der Waals surface area (Å²) in [5.74, 6) is 1.34. The third-order valence-corrected chi connectivity index (χ3v) is 4.29. The average molecular weight is 420 g/mol. The number of halogens is 1. The second-order valence-electron chi connectivity index (χ2n) is 6.06. The van der Waals surface area contributed by atoms with E-state index in [0.717, 1.165) is 0 Å². The van der Waals surface area contributed by atoms with Crippen LogP contribution < -0.4 is 20.1 Å². The molecular formula is C23H18ClN3O3. The molecule has 6 nitrogen and oxygen atoms in total. The van der Waals surface area contributed by atoms with Crippen molar-refractivity contribution in [1.29, 1.82) is 5.26 Å². The fourth-order valence-electron chi connectivity index (χ4n) is 2.49. The molecule has 0 radical (unpaired) electrons. The highest BCUT2D eigenvalue weighted by atomic mass is 35.5. The van der Waals surface area contributed by atoms with Gasteiger partial charge >= 0.3 is 0 Å². The minimum Gasteiger partial charge on any atom is -0.495 e. The molecule has 150 valence electrons. The van der Waals surface area contributed by atoms with Gasteiger partial charge in [-0.05, 0) is 54.6 Å². The minimum atomic E-state index is -0.540. The Morgan fingerprint density at radius 3 is 2.30 bits per heavy atom. The lowest BCUT2D eigenvalue weighted by atomic mass is 10.2. The van der Waals surface area contributed by atoms with Crippen molar-refractivity contribution < 1.29 is 14.3 Å². The molecule has 1 amide bonds. The van der Waals surface area contributed by atoms with Crippen LogP contribution in [0.15, 0.2) is 84.6 Å². The van der Waals surface area contributed by atoms with Gasteiger partial charge in [-0.2, -0.15) is 5.26 Å². The van der Waals surface area contributed by atoms with Crippen molar-refractivity contribution in [1.82, 2.24) is 0 Å². The minimum absolute atomic E-state index is 0.0912. The zero-order valence-corrected chi connectivity index (χ0v) is 16.8. The fourth-order valence-corrected chi connectivity index (χ4v) is 2.75. The Morgan fingerprint density at radius 2 is 1.67 bits per heavy atom. The van der Waals surface area contributed by atoms with Crippen LogP contribution in [0.4, 0.5) is 11.4 Å². The summed E-state index contributed by atoms with van der Waals surface area (Å²) in [6.07, 6.45) is 1.32. The molecule has 2 N–H and O–H groups in total. The molecule has 30 heavy (non-hydrogen) atoms. The number of nitriles is 1. The van der Waals surface area contributed by atoms with Gasteiger partial charge in [0.2, 0.25) is 0 Å². The number of nitrogens with one attached hydrogen (secondary N) is 2. The van der Waals surface area contributed by atoms with Crippen LogP contribution in [-0.4, -0.2) is 13.0 Å². The average Bonchev–Trinajstić information content (AvgIpc) is 2.76. The summed E-state index contributed by atoms with van der Waals surface area (Å²) in [6.45, 7) is 0. The largest absolute Gasteiger partial charge is 0.495 e. The fraction of sp³-hybridized carbons (Fsp3) is 0.0435. The first-order valence-corrected chi connectivity index (χ1v) is 9.31. The van der Waals surface area contributed by atoms with Crippen molar-refractivity contribution in [2.45, 2.75) is 0 Å². The lowest BCUT2D eigenvalue weighted by Gasteiger charge is -2.08. The summed E-state index contributed by atoms with van der Waals surface area (Å²) in [4.78, 5) is 12.4. The topological polar surface area (TPSA) is 83.4 Å². The number of benzene rings is 3. The van der Waals surface area contributed by atoms with Crippen molar-refractivity contribution in [3.8, 4) is 23.3 Å². The van der Waals surface area contributed by atoms with E-state index in [4.69, 9.17) is 21.1 Å². The Labute approximate surface area is 179 Å². The van der Waals surface area contributed by atoms with Crippen molar-refractivity contribution in [2.75, 3.05) is 17.7 Å². The first-order valence-electron chi connectivity index (χ1n) is 8.93. The molecule has 0 heterocycles. The quantitative estimate of drug-likeness (QED) is 0.384. The number of hydrogen-bond donors (Lipinski definition) is 2. The molecule has 0 aliphatic rings. The van der Waals surface area contributed by atoms with Crippen LogP contribution in [0, 0.1) is 11.3 Å². The van der Waals surface area contributed by atoms with E-state index in [1.165, 1.54) is 13.3 Å². The number of carbonyl (C=O) groups is 1. The number of amides is 1. The van der Waals surface area contributed by atoms with Crippen LogP contribution in [0.1, 0.15) is 0 Å². The van der Waals surface area contributed by atoms with Gasteiger partial charge in [0.05, 0.1) is 12.1 Å². The standard InChI is InChI=1S/C23H18ClN3O3/c1-29-22-12-9-18(13-21(22)24)26-15-16(14-25)23(28)27-17-7-10-20(11-8-17)30-19-5-3-2-4-6-19/h2-13,15,26H,1H3,(H,27,28)/b16-15-. The van der Waals surface area contributed by atoms with E-state index in [2.05, 4.69) is 10.6 Å². The molecule has 0 aliphatic carbocycles. The van der Waals surface area contributed by atoms with Crippen LogP contribution in [-0.2, 0) is 4.79 Å². The highest BCUT2D eigenvalue weighted by molar-refractivity contribution is 6.32. The number of ether oxygens (including phenoxy) is 2. The Morgan fingerprint density at radius 1 is 1.00 bits per heavy atom. The Bertz CT molecular complexity index is 1090. The van der Waals surface area contributed by atoms with Crippen molar-refractivity contribution >= 4 is 28.9 Å². The van der Waals surface area contributed by atoms with E-state index < -0.39 is 5.91 Å². The van der Waals surface area contributed by atoms with Gasteiger partial charge < -0.3 is 20.1 Å². The molecule has 3 aromatic rings. The summed E-state index contributed by atoms with van der Waals surface area (Å²) in [5.41, 5.74) is 1.06. The summed E-state index contributed by atoms with van der Waals surface area (Å²) in [7, 11) is 1.52. The maximum absolute atomic E-state index is 12.4. The zero-order chi connectivity index (χ0) is 21.3. The maximum atomic E-state index is 12.4. The van der Waals surface area contributed by atoms with Crippen LogP contribution in [0.2, 0.25) is 5.02 Å². The van der Waals surface area contributed by atoms with E-state index in [0.29, 0.717) is 33.6 Å². The first kappa shape index (κ1) is 20.8. The van der Waals surface area contributed by atoms with Gasteiger partial charge in [0.1, 0.15) is 28.9 Å². The predicted molar refractivity (Wildman–Crippen MR) is 117 cm³/mol. The molecule has 0 aliphatic heterocycles. The Balaban J connectivity index is 1.62. The molecule has 7 heteroatoms. The number of para-hydroxylation sites is 1. The van der Waals surface area contributed by atoms with E-state index in [9.17, 15) is 10.1 Å². The van der Waals surface area contributed by atoms with E-state index in [-0.39, 0.29) is 5.57 Å². The molecule has 0 saturated carbocycles. The number of anilines is 2. The molecule has 0 bridgehead atoms. The van der Waals surface area contributed by atoms with Gasteiger partial charge in [-0.25, -0.2) is 0 Å². The molecule has 0 aromatic heterocycles. The van der Waals surface area contributed by atoms with Gasteiger partial charge in [-0.3, -0.25) is 4.79 Å². The predicted octanol–water partition coefficient (Wildman–Crippen LogP) is 5.60. The Hall–Kier alpha value is -3.95. The number of methoxy groups -OCH3 is 1. The van der Waals surface area contributed by atoms with Crippen LogP contribution in [0.25, 0.3) is 0 Å². The molecule has 3 rings (SSSR count). The van der Waals surface area contributed by atoms with E-state index in [1.54, 1.807) is 42.5 Å².